The summed E-state index contributed by atoms with van der Waals surface area (Å²) in [5.41, 5.74) is 0.535. The van der Waals surface area contributed by atoms with Crippen LogP contribution in [0, 0.1) is 6.07 Å². The molecule has 0 aliphatic heterocycles. The zero-order valence-electron chi connectivity index (χ0n) is 7.48. The summed E-state index contributed by atoms with van der Waals surface area (Å²) in [6.07, 6.45) is 0. The first-order valence-electron chi connectivity index (χ1n) is 3.69. The van der Waals surface area contributed by atoms with Gasteiger partial charge in [0, 0.05) is 19.8 Å². The Morgan fingerprint density at radius 2 is 1.85 bits per heavy atom. The lowest BCUT2D eigenvalue weighted by Gasteiger charge is -2.12. The summed E-state index contributed by atoms with van der Waals surface area (Å²) < 4.78 is 26.1. The Labute approximate surface area is 78.4 Å². The maximum absolute atomic E-state index is 11.3. The average molecular weight is 199 g/mol. The van der Waals surface area contributed by atoms with Gasteiger partial charge in [-0.25, -0.2) is 0 Å². The monoisotopic (exact) mass is 199 g/mol. The van der Waals surface area contributed by atoms with Crippen LogP contribution in [-0.2, 0) is 10.2 Å². The average Bonchev–Trinajstić information content (AvgIpc) is 2.05. The molecular formula is C8H11N2O2S. The van der Waals surface area contributed by atoms with Crippen molar-refractivity contribution >= 4 is 15.9 Å². The molecule has 0 fully saturated rings. The van der Waals surface area contributed by atoms with Crippen LogP contribution < -0.4 is 4.72 Å². The molecule has 0 bridgehead atoms. The maximum atomic E-state index is 11.3. The summed E-state index contributed by atoms with van der Waals surface area (Å²) in [6, 6.07) is 9.37. The molecular weight excluding hydrogens is 188 g/mol. The minimum Gasteiger partial charge on any atom is -0.271 e. The van der Waals surface area contributed by atoms with E-state index in [1.165, 1.54) is 14.1 Å². The molecule has 5 heteroatoms. The normalized spacial score (nSPS) is 11.6. The number of hydrogen-bond acceptors (Lipinski definition) is 2. The second kappa shape index (κ2) is 3.76. The second-order valence-electron chi connectivity index (χ2n) is 2.68. The van der Waals surface area contributed by atoms with Crippen LogP contribution in [0.4, 0.5) is 5.69 Å². The van der Waals surface area contributed by atoms with Gasteiger partial charge in [-0.2, -0.15) is 12.7 Å². The Kier molecular flexibility index (Phi) is 2.90. The van der Waals surface area contributed by atoms with Crippen LogP contribution >= 0.6 is 0 Å². The van der Waals surface area contributed by atoms with Gasteiger partial charge in [0.1, 0.15) is 0 Å². The van der Waals surface area contributed by atoms with Gasteiger partial charge in [-0.05, 0) is 18.2 Å². The van der Waals surface area contributed by atoms with E-state index in [2.05, 4.69) is 10.8 Å². The van der Waals surface area contributed by atoms with Crippen molar-refractivity contribution in [3.8, 4) is 0 Å². The third-order valence-electron chi connectivity index (χ3n) is 1.45. The standard InChI is InChI=1S/C8H11N2O2S/c1-10(2)13(11,12)9-8-6-4-3-5-7-8/h4-7,9H,1-2H3. The van der Waals surface area contributed by atoms with Gasteiger partial charge < -0.3 is 0 Å². The van der Waals surface area contributed by atoms with Gasteiger partial charge in [0.15, 0.2) is 0 Å². The molecule has 0 aliphatic carbocycles. The second-order valence-corrected chi connectivity index (χ2v) is 4.56. The molecule has 0 heterocycles. The van der Waals surface area contributed by atoms with Crippen molar-refractivity contribution in [3.63, 3.8) is 0 Å². The first-order valence-corrected chi connectivity index (χ1v) is 5.13. The third-order valence-corrected chi connectivity index (χ3v) is 2.90. The molecule has 71 valence electrons. The lowest BCUT2D eigenvalue weighted by atomic mass is 10.3. The van der Waals surface area contributed by atoms with E-state index in [0.29, 0.717) is 5.69 Å². The lowest BCUT2D eigenvalue weighted by Crippen LogP contribution is -2.28. The molecule has 1 aromatic carbocycles. The van der Waals surface area contributed by atoms with Gasteiger partial charge in [-0.15, -0.1) is 0 Å². The first-order chi connectivity index (χ1) is 6.02. The highest BCUT2D eigenvalue weighted by Gasteiger charge is 2.11. The molecule has 4 nitrogen and oxygen atoms in total. The molecule has 1 rings (SSSR count). The summed E-state index contributed by atoms with van der Waals surface area (Å²) in [5.74, 6) is 0. The number of rotatable bonds is 3. The minimum absolute atomic E-state index is 0.535. The molecule has 0 unspecified atom stereocenters. The molecule has 0 saturated heterocycles. The quantitative estimate of drug-likeness (QED) is 0.779. The summed E-state index contributed by atoms with van der Waals surface area (Å²) in [4.78, 5) is 0. The molecule has 0 amide bonds. The Morgan fingerprint density at radius 3 is 2.31 bits per heavy atom. The topological polar surface area (TPSA) is 49.4 Å². The Morgan fingerprint density at radius 1 is 1.31 bits per heavy atom. The van der Waals surface area contributed by atoms with Gasteiger partial charge in [-0.1, -0.05) is 12.1 Å². The highest BCUT2D eigenvalue weighted by molar-refractivity contribution is 7.90. The van der Waals surface area contributed by atoms with E-state index in [4.69, 9.17) is 0 Å². The summed E-state index contributed by atoms with van der Waals surface area (Å²) >= 11 is 0. The molecule has 0 spiro atoms. The highest BCUT2D eigenvalue weighted by atomic mass is 32.2. The Hall–Kier alpha value is -1.07. The molecule has 1 aromatic rings. The number of anilines is 1. The number of benzene rings is 1. The highest BCUT2D eigenvalue weighted by Crippen LogP contribution is 2.07. The molecule has 1 N–H and O–H groups in total. The van der Waals surface area contributed by atoms with E-state index >= 15 is 0 Å². The van der Waals surface area contributed by atoms with E-state index in [0.717, 1.165) is 4.31 Å². The van der Waals surface area contributed by atoms with Crippen molar-refractivity contribution in [3.05, 3.63) is 30.3 Å². The summed E-state index contributed by atoms with van der Waals surface area (Å²) in [5, 5.41) is 0. The van der Waals surface area contributed by atoms with Gasteiger partial charge >= 0.3 is 10.2 Å². The predicted molar refractivity (Wildman–Crippen MR) is 51.5 cm³/mol. The van der Waals surface area contributed by atoms with E-state index in [-0.39, 0.29) is 0 Å². The van der Waals surface area contributed by atoms with Crippen molar-refractivity contribution in [2.24, 2.45) is 0 Å². The van der Waals surface area contributed by atoms with Crippen molar-refractivity contribution in [1.29, 1.82) is 0 Å². The molecule has 13 heavy (non-hydrogen) atoms. The predicted octanol–water partition coefficient (Wildman–Crippen LogP) is 0.705. The van der Waals surface area contributed by atoms with Gasteiger partial charge in [0.2, 0.25) is 0 Å². The number of hydrogen-bond donors (Lipinski definition) is 1. The largest absolute Gasteiger partial charge is 0.301 e. The van der Waals surface area contributed by atoms with E-state index in [9.17, 15) is 8.42 Å². The Bertz CT molecular complexity index is 359. The molecule has 0 aliphatic rings. The van der Waals surface area contributed by atoms with Crippen molar-refractivity contribution in [2.45, 2.75) is 0 Å². The van der Waals surface area contributed by atoms with Crippen LogP contribution in [0.3, 0.4) is 0 Å². The minimum atomic E-state index is -3.38. The van der Waals surface area contributed by atoms with Crippen LogP contribution in [0.25, 0.3) is 0 Å². The molecule has 0 saturated carbocycles. The third kappa shape index (κ3) is 2.71. The van der Waals surface area contributed by atoms with Crippen LogP contribution in [-0.4, -0.2) is 26.8 Å². The van der Waals surface area contributed by atoms with Gasteiger partial charge in [0.05, 0.1) is 0 Å². The summed E-state index contributed by atoms with van der Waals surface area (Å²) in [6.45, 7) is 0. The Balaban J connectivity index is 2.82. The van der Waals surface area contributed by atoms with Crippen LogP contribution in [0.2, 0.25) is 0 Å². The fourth-order valence-corrected chi connectivity index (χ4v) is 1.31. The summed E-state index contributed by atoms with van der Waals surface area (Å²) in [7, 11) is -0.443. The maximum Gasteiger partial charge on any atom is 0.301 e. The smallest absolute Gasteiger partial charge is 0.271 e. The van der Waals surface area contributed by atoms with Crippen molar-refractivity contribution in [2.75, 3.05) is 18.8 Å². The van der Waals surface area contributed by atoms with Crippen molar-refractivity contribution < 1.29 is 8.42 Å². The fourth-order valence-electron chi connectivity index (χ4n) is 0.695. The first kappa shape index (κ1) is 10.0. The van der Waals surface area contributed by atoms with Crippen molar-refractivity contribution in [1.82, 2.24) is 4.31 Å². The van der Waals surface area contributed by atoms with E-state index in [1.807, 2.05) is 0 Å². The number of nitrogens with one attached hydrogen (secondary N) is 1. The fraction of sp³-hybridized carbons (Fsp3) is 0.250. The van der Waals surface area contributed by atoms with Crippen LogP contribution in [0.5, 0.6) is 0 Å². The van der Waals surface area contributed by atoms with Gasteiger partial charge in [-0.3, -0.25) is 4.72 Å². The van der Waals surface area contributed by atoms with Gasteiger partial charge in [0.25, 0.3) is 0 Å². The van der Waals surface area contributed by atoms with Crippen LogP contribution in [0.1, 0.15) is 0 Å². The molecule has 0 aromatic heterocycles. The lowest BCUT2D eigenvalue weighted by molar-refractivity contribution is 0.527. The SMILES string of the molecule is CN(C)S(=O)(=O)Nc1cc[c]cc1. The van der Waals surface area contributed by atoms with E-state index < -0.39 is 10.2 Å². The molecule has 1 radical (unpaired) electrons. The molecule has 0 atom stereocenters. The van der Waals surface area contributed by atoms with E-state index in [1.54, 1.807) is 24.3 Å². The zero-order chi connectivity index (χ0) is 9.90. The number of nitrogens with zero attached hydrogens (tertiary/aromatic N) is 1. The zero-order valence-corrected chi connectivity index (χ0v) is 8.30. The van der Waals surface area contributed by atoms with Crippen LogP contribution in [0.15, 0.2) is 24.3 Å².